The first-order valence-electron chi connectivity index (χ1n) is 8.05. The normalized spacial score (nSPS) is 11.5. The average molecular weight is 490 g/mol. The van der Waals surface area contributed by atoms with E-state index >= 15 is 0 Å². The van der Waals surface area contributed by atoms with Crippen molar-refractivity contribution in [3.05, 3.63) is 12.3 Å². The molecule has 0 N–H and O–H groups in total. The van der Waals surface area contributed by atoms with Crippen molar-refractivity contribution in [2.75, 3.05) is 18.0 Å². The van der Waals surface area contributed by atoms with Crippen molar-refractivity contribution in [3.63, 3.8) is 0 Å². The van der Waals surface area contributed by atoms with Crippen molar-refractivity contribution in [2.24, 2.45) is 10.8 Å². The smallest absolute Gasteiger partial charge is 0.241 e. The van der Waals surface area contributed by atoms with Gasteiger partial charge >= 0.3 is 0 Å². The van der Waals surface area contributed by atoms with Gasteiger partial charge < -0.3 is 9.16 Å². The fourth-order valence-corrected chi connectivity index (χ4v) is 2.39. The zero-order chi connectivity index (χ0) is 20.2. The summed E-state index contributed by atoms with van der Waals surface area (Å²) in [5.41, 5.74) is 0.557. The van der Waals surface area contributed by atoms with Gasteiger partial charge in [0.2, 0.25) is 8.32 Å². The van der Waals surface area contributed by atoms with Gasteiger partial charge in [0, 0.05) is 29.7 Å². The number of ketones is 1. The highest BCUT2D eigenvalue weighted by molar-refractivity contribution is 9.09. The Labute approximate surface area is 168 Å². The SMILES string of the molecule is C=C(O[Si](C)(C)C)C(C)(C)C.CC(C)(C)C(=O)CCBr.COCBr. The Balaban J connectivity index is -0.000000305. The fraction of sp³-hybridized carbons (Fsp3) is 0.833. The number of Topliss-reactive ketones (excluding diaryl/α,β-unsaturated/α-hetero) is 1. The highest BCUT2D eigenvalue weighted by Crippen LogP contribution is 2.27. The van der Waals surface area contributed by atoms with E-state index in [9.17, 15) is 4.79 Å². The van der Waals surface area contributed by atoms with Crippen LogP contribution in [0.1, 0.15) is 48.0 Å². The van der Waals surface area contributed by atoms with Gasteiger partial charge in [-0.3, -0.25) is 4.79 Å². The minimum absolute atomic E-state index is 0.0836. The molecule has 0 radical (unpaired) electrons. The average Bonchev–Trinajstić information content (AvgIpc) is 2.36. The Bertz CT molecular complexity index is 349. The van der Waals surface area contributed by atoms with E-state index in [2.05, 4.69) is 83.6 Å². The predicted molar refractivity (Wildman–Crippen MR) is 117 cm³/mol. The Kier molecular flexibility index (Phi) is 16.4. The molecular weight excluding hydrogens is 452 g/mol. The van der Waals surface area contributed by atoms with Gasteiger partial charge in [-0.25, -0.2) is 0 Å². The summed E-state index contributed by atoms with van der Waals surface area (Å²) in [6.07, 6.45) is 0.642. The van der Waals surface area contributed by atoms with Crippen LogP contribution in [-0.4, -0.2) is 32.1 Å². The van der Waals surface area contributed by atoms with E-state index in [0.29, 0.717) is 17.7 Å². The fourth-order valence-electron chi connectivity index (χ4n) is 0.984. The summed E-state index contributed by atoms with van der Waals surface area (Å²) in [6, 6.07) is 0. The molecule has 0 spiro atoms. The number of rotatable bonds is 5. The third kappa shape index (κ3) is 22.3. The lowest BCUT2D eigenvalue weighted by molar-refractivity contribution is -0.125. The van der Waals surface area contributed by atoms with Gasteiger partial charge in [0.05, 0.1) is 5.76 Å². The number of carbonyl (C=O) groups excluding carboxylic acids is 1. The summed E-state index contributed by atoms with van der Waals surface area (Å²) in [7, 11) is 0.204. The first-order valence-corrected chi connectivity index (χ1v) is 13.7. The zero-order valence-corrected chi connectivity index (χ0v) is 21.5. The summed E-state index contributed by atoms with van der Waals surface area (Å²) >= 11 is 6.25. The first kappa shape index (κ1) is 29.1. The van der Waals surface area contributed by atoms with Gasteiger partial charge in [-0.15, -0.1) is 0 Å². The Morgan fingerprint density at radius 1 is 1.00 bits per heavy atom. The quantitative estimate of drug-likeness (QED) is 0.242. The van der Waals surface area contributed by atoms with Crippen LogP contribution >= 0.6 is 31.9 Å². The predicted octanol–water partition coefficient (Wildman–Crippen LogP) is 6.77. The van der Waals surface area contributed by atoms with Gasteiger partial charge in [-0.1, -0.05) is 80.0 Å². The molecule has 0 aromatic carbocycles. The van der Waals surface area contributed by atoms with Crippen LogP contribution in [-0.2, 0) is 14.0 Å². The number of alkyl halides is 2. The number of carbonyl (C=O) groups is 1. The molecule has 0 heterocycles. The number of hydrogen-bond acceptors (Lipinski definition) is 3. The van der Waals surface area contributed by atoms with E-state index in [1.807, 2.05) is 20.8 Å². The highest BCUT2D eigenvalue weighted by atomic mass is 79.9. The zero-order valence-electron chi connectivity index (χ0n) is 17.3. The van der Waals surface area contributed by atoms with E-state index in [-0.39, 0.29) is 10.8 Å². The molecule has 0 aromatic rings. The molecule has 0 atom stereocenters. The molecule has 0 unspecified atom stereocenters. The van der Waals surface area contributed by atoms with Gasteiger partial charge in [-0.2, -0.15) is 0 Å². The molecule has 3 nitrogen and oxygen atoms in total. The van der Waals surface area contributed by atoms with Crippen molar-refractivity contribution < 1.29 is 14.0 Å². The second-order valence-electron chi connectivity index (χ2n) is 8.40. The molecular formula is C18H38Br2O3Si. The van der Waals surface area contributed by atoms with Crippen molar-refractivity contribution in [1.29, 1.82) is 0 Å². The Hall–Kier alpha value is 0.347. The lowest BCUT2D eigenvalue weighted by atomic mass is 9.89. The van der Waals surface area contributed by atoms with Gasteiger partial charge in [-0.05, 0) is 19.6 Å². The van der Waals surface area contributed by atoms with Crippen LogP contribution < -0.4 is 0 Å². The van der Waals surface area contributed by atoms with E-state index in [4.69, 9.17) is 4.43 Å². The summed E-state index contributed by atoms with van der Waals surface area (Å²) in [6.45, 7) is 22.6. The van der Waals surface area contributed by atoms with Gasteiger partial charge in [0.25, 0.3) is 0 Å². The lowest BCUT2D eigenvalue weighted by Gasteiger charge is -2.29. The monoisotopic (exact) mass is 488 g/mol. The van der Waals surface area contributed by atoms with E-state index < -0.39 is 8.32 Å². The van der Waals surface area contributed by atoms with Gasteiger partial charge in [0.1, 0.15) is 11.3 Å². The highest BCUT2D eigenvalue weighted by Gasteiger charge is 2.23. The molecule has 0 aliphatic carbocycles. The van der Waals surface area contributed by atoms with Crippen LogP contribution in [0.3, 0.4) is 0 Å². The summed E-state index contributed by atoms with van der Waals surface area (Å²) in [5, 5.41) is 0.781. The molecule has 6 heteroatoms. The van der Waals surface area contributed by atoms with Crippen LogP contribution in [0.4, 0.5) is 0 Å². The number of methoxy groups -OCH3 is 1. The Morgan fingerprint density at radius 3 is 1.46 bits per heavy atom. The molecule has 0 saturated heterocycles. The lowest BCUT2D eigenvalue weighted by Crippen LogP contribution is -2.28. The third-order valence-electron chi connectivity index (χ3n) is 2.53. The maximum absolute atomic E-state index is 11.0. The molecule has 24 heavy (non-hydrogen) atoms. The van der Waals surface area contributed by atoms with Crippen molar-refractivity contribution >= 4 is 46.0 Å². The Morgan fingerprint density at radius 2 is 1.38 bits per heavy atom. The van der Waals surface area contributed by atoms with Crippen molar-refractivity contribution in [2.45, 2.75) is 67.6 Å². The van der Waals surface area contributed by atoms with Gasteiger partial charge in [0.15, 0.2) is 0 Å². The van der Waals surface area contributed by atoms with Crippen LogP contribution in [0.15, 0.2) is 12.3 Å². The number of ether oxygens (including phenoxy) is 1. The molecule has 146 valence electrons. The van der Waals surface area contributed by atoms with Crippen LogP contribution in [0.2, 0.25) is 19.6 Å². The summed E-state index contributed by atoms with van der Waals surface area (Å²) < 4.78 is 10.2. The second kappa shape index (κ2) is 13.5. The van der Waals surface area contributed by atoms with Crippen LogP contribution in [0.5, 0.6) is 0 Å². The maximum Gasteiger partial charge on any atom is 0.241 e. The summed E-state index contributed by atoms with van der Waals surface area (Å²) in [5.74, 6) is 1.23. The minimum Gasteiger partial charge on any atom is -0.547 e. The molecule has 0 rings (SSSR count). The van der Waals surface area contributed by atoms with Crippen molar-refractivity contribution in [1.82, 2.24) is 0 Å². The third-order valence-corrected chi connectivity index (χ3v) is 4.25. The van der Waals surface area contributed by atoms with Crippen LogP contribution in [0.25, 0.3) is 0 Å². The molecule has 0 amide bonds. The minimum atomic E-state index is -1.43. The van der Waals surface area contributed by atoms with E-state index in [1.165, 1.54) is 0 Å². The van der Waals surface area contributed by atoms with E-state index in [1.54, 1.807) is 7.11 Å². The molecule has 0 bridgehead atoms. The first-order chi connectivity index (χ1) is 10.5. The molecule has 0 aromatic heterocycles. The second-order valence-corrected chi connectivity index (χ2v) is 14.1. The van der Waals surface area contributed by atoms with E-state index in [0.717, 1.165) is 11.1 Å². The molecule has 0 aliphatic heterocycles. The maximum atomic E-state index is 11.0. The molecule has 0 fully saturated rings. The molecule has 0 aliphatic rings. The largest absolute Gasteiger partial charge is 0.547 e. The summed E-state index contributed by atoms with van der Waals surface area (Å²) in [4.78, 5) is 11.0. The number of hydrogen-bond donors (Lipinski definition) is 0. The number of halogens is 2. The topological polar surface area (TPSA) is 35.5 Å². The van der Waals surface area contributed by atoms with Crippen LogP contribution in [0, 0.1) is 10.8 Å². The van der Waals surface area contributed by atoms with Crippen molar-refractivity contribution in [3.8, 4) is 0 Å². The number of allylic oxidation sites excluding steroid dienone is 1. The standard InChI is InChI=1S/C9H20OSi.C7H13BrO.C2H5BrO/c1-8(9(2,3)4)10-11(5,6)7;1-7(2,3)6(9)4-5-8;1-4-2-3/h1H2,2-7H3;4-5H2,1-3H3;2H2,1H3. The molecule has 0 saturated carbocycles.